The molecule has 1 fully saturated rings. The van der Waals surface area contributed by atoms with E-state index in [2.05, 4.69) is 23.5 Å². The van der Waals surface area contributed by atoms with Crippen molar-refractivity contribution in [2.45, 2.75) is 36.1 Å². The van der Waals surface area contributed by atoms with Gasteiger partial charge < -0.3 is 5.32 Å². The lowest BCUT2D eigenvalue weighted by molar-refractivity contribution is 0.425. The molecule has 0 bridgehead atoms. The number of hydrogen-bond acceptors (Lipinski definition) is 3. The lowest BCUT2D eigenvalue weighted by Crippen LogP contribution is -2.31. The van der Waals surface area contributed by atoms with Crippen molar-refractivity contribution >= 4 is 27.3 Å². The van der Waals surface area contributed by atoms with E-state index < -0.39 is 10.0 Å². The third-order valence-corrected chi connectivity index (χ3v) is 8.52. The fraction of sp³-hybridized carbons (Fsp3) is 0.364. The average Bonchev–Trinajstić information content (AvgIpc) is 3.40. The number of fused-ring (bicyclic) bond motifs is 3. The molecule has 5 rings (SSSR count). The van der Waals surface area contributed by atoms with Crippen molar-refractivity contribution < 1.29 is 8.42 Å². The zero-order valence-electron chi connectivity index (χ0n) is 15.5. The van der Waals surface area contributed by atoms with Crippen LogP contribution in [-0.4, -0.2) is 25.8 Å². The molecular formula is C22H23ClN2O2S. The maximum Gasteiger partial charge on any atom is 0.243 e. The third kappa shape index (κ3) is 2.88. The molecule has 6 heteroatoms. The second-order valence-corrected chi connectivity index (χ2v) is 10.2. The molecule has 3 atom stereocenters. The normalized spacial score (nSPS) is 26.7. The highest BCUT2D eigenvalue weighted by Crippen LogP contribution is 2.51. The SMILES string of the molecule is O=S(=O)(c1ccc2c(c1)C1C=CCC1C(c1ccccc1Cl)N2)N1CCCC1. The standard InChI is InChI=1S/C22H23ClN2O2S/c23-20-9-2-1-6-18(20)22-17-8-5-7-16(17)19-14-15(10-11-21(19)24-22)28(26,27)25-12-3-4-13-25/h1-2,5-7,9-11,14,16-17,22,24H,3-4,8,12-13H2. The molecule has 0 aromatic heterocycles. The molecule has 3 unspecified atom stereocenters. The predicted molar refractivity (Wildman–Crippen MR) is 112 cm³/mol. The van der Waals surface area contributed by atoms with Crippen LogP contribution in [0, 0.1) is 5.92 Å². The van der Waals surface area contributed by atoms with Gasteiger partial charge in [-0.25, -0.2) is 8.42 Å². The first-order chi connectivity index (χ1) is 13.6. The average molecular weight is 415 g/mol. The van der Waals surface area contributed by atoms with Gasteiger partial charge >= 0.3 is 0 Å². The zero-order chi connectivity index (χ0) is 19.3. The van der Waals surface area contributed by atoms with Crippen LogP contribution in [0.2, 0.25) is 5.02 Å². The molecule has 1 aliphatic carbocycles. The molecule has 3 aliphatic rings. The molecule has 0 saturated carbocycles. The van der Waals surface area contributed by atoms with Crippen LogP contribution >= 0.6 is 11.6 Å². The van der Waals surface area contributed by atoms with E-state index in [-0.39, 0.29) is 12.0 Å². The lowest BCUT2D eigenvalue weighted by atomic mass is 9.77. The first-order valence-electron chi connectivity index (χ1n) is 9.87. The Bertz CT molecular complexity index is 1040. The minimum atomic E-state index is -3.41. The summed E-state index contributed by atoms with van der Waals surface area (Å²) in [7, 11) is -3.41. The summed E-state index contributed by atoms with van der Waals surface area (Å²) < 4.78 is 27.6. The largest absolute Gasteiger partial charge is 0.378 e. The molecule has 2 aromatic rings. The Kier molecular flexibility index (Phi) is 4.49. The Hall–Kier alpha value is -1.82. The van der Waals surface area contributed by atoms with Crippen LogP contribution < -0.4 is 5.32 Å². The number of nitrogens with zero attached hydrogens (tertiary/aromatic N) is 1. The van der Waals surface area contributed by atoms with E-state index in [1.807, 2.05) is 30.3 Å². The van der Waals surface area contributed by atoms with Crippen LogP contribution in [0.1, 0.15) is 42.3 Å². The van der Waals surface area contributed by atoms with Crippen LogP contribution in [0.25, 0.3) is 0 Å². The van der Waals surface area contributed by atoms with Crippen molar-refractivity contribution in [3.8, 4) is 0 Å². The molecule has 2 aliphatic heterocycles. The second kappa shape index (κ2) is 6.90. The van der Waals surface area contributed by atoms with Crippen LogP contribution in [-0.2, 0) is 10.0 Å². The number of allylic oxidation sites excluding steroid dienone is 2. The van der Waals surface area contributed by atoms with E-state index in [0.29, 0.717) is 23.9 Å². The Morgan fingerprint density at radius 2 is 1.82 bits per heavy atom. The van der Waals surface area contributed by atoms with Crippen LogP contribution in [0.15, 0.2) is 59.5 Å². The quantitative estimate of drug-likeness (QED) is 0.723. The molecule has 2 aromatic carbocycles. The molecule has 0 spiro atoms. The van der Waals surface area contributed by atoms with Gasteiger partial charge in [-0.15, -0.1) is 0 Å². The molecule has 1 saturated heterocycles. The molecule has 4 nitrogen and oxygen atoms in total. The maximum absolute atomic E-state index is 13.0. The summed E-state index contributed by atoms with van der Waals surface area (Å²) in [5, 5.41) is 4.41. The highest BCUT2D eigenvalue weighted by molar-refractivity contribution is 7.89. The van der Waals surface area contributed by atoms with Gasteiger partial charge in [-0.05, 0) is 60.6 Å². The molecule has 0 radical (unpaired) electrons. The number of sulfonamides is 1. The zero-order valence-corrected chi connectivity index (χ0v) is 17.1. The van der Waals surface area contributed by atoms with E-state index in [9.17, 15) is 8.42 Å². The third-order valence-electron chi connectivity index (χ3n) is 6.28. The van der Waals surface area contributed by atoms with Crippen molar-refractivity contribution in [3.05, 3.63) is 70.8 Å². The maximum atomic E-state index is 13.0. The summed E-state index contributed by atoms with van der Waals surface area (Å²) >= 11 is 6.49. The number of anilines is 1. The van der Waals surface area contributed by atoms with Crippen molar-refractivity contribution in [3.63, 3.8) is 0 Å². The Labute approximate surface area is 171 Å². The van der Waals surface area contributed by atoms with Crippen molar-refractivity contribution in [2.75, 3.05) is 18.4 Å². The van der Waals surface area contributed by atoms with Gasteiger partial charge in [0, 0.05) is 29.7 Å². The Morgan fingerprint density at radius 1 is 1.04 bits per heavy atom. The van der Waals surface area contributed by atoms with Gasteiger partial charge in [0.1, 0.15) is 0 Å². The number of hydrogen-bond donors (Lipinski definition) is 1. The summed E-state index contributed by atoms with van der Waals surface area (Å²) in [5.74, 6) is 0.531. The fourth-order valence-electron chi connectivity index (χ4n) is 4.85. The van der Waals surface area contributed by atoms with Gasteiger partial charge in [0.15, 0.2) is 0 Å². The Balaban J connectivity index is 1.55. The van der Waals surface area contributed by atoms with Gasteiger partial charge in [-0.3, -0.25) is 0 Å². The number of halogens is 1. The van der Waals surface area contributed by atoms with Crippen LogP contribution in [0.5, 0.6) is 0 Å². The summed E-state index contributed by atoms with van der Waals surface area (Å²) in [6, 6.07) is 13.6. The topological polar surface area (TPSA) is 49.4 Å². The van der Waals surface area contributed by atoms with Crippen molar-refractivity contribution in [1.82, 2.24) is 4.31 Å². The van der Waals surface area contributed by atoms with E-state index in [1.165, 1.54) is 0 Å². The van der Waals surface area contributed by atoms with Gasteiger partial charge in [-0.2, -0.15) is 4.31 Å². The van der Waals surface area contributed by atoms with Crippen LogP contribution in [0.4, 0.5) is 5.69 Å². The molecule has 1 N–H and O–H groups in total. The molecular weight excluding hydrogens is 392 g/mol. The lowest BCUT2D eigenvalue weighted by Gasteiger charge is -2.38. The summed E-state index contributed by atoms with van der Waals surface area (Å²) in [6.45, 7) is 1.25. The van der Waals surface area contributed by atoms with Crippen LogP contribution in [0.3, 0.4) is 0 Å². The summed E-state index contributed by atoms with van der Waals surface area (Å²) in [5.41, 5.74) is 3.17. The second-order valence-electron chi connectivity index (χ2n) is 7.86. The first-order valence-corrected chi connectivity index (χ1v) is 11.7. The number of nitrogens with one attached hydrogen (secondary N) is 1. The minimum absolute atomic E-state index is 0.113. The summed E-state index contributed by atoms with van der Waals surface area (Å²) in [6.07, 6.45) is 7.27. The van der Waals surface area contributed by atoms with E-state index in [0.717, 1.165) is 41.1 Å². The van der Waals surface area contributed by atoms with Gasteiger partial charge in [-0.1, -0.05) is 42.0 Å². The smallest absolute Gasteiger partial charge is 0.243 e. The van der Waals surface area contributed by atoms with Crippen molar-refractivity contribution in [2.24, 2.45) is 5.92 Å². The molecule has 2 heterocycles. The van der Waals surface area contributed by atoms with E-state index >= 15 is 0 Å². The monoisotopic (exact) mass is 414 g/mol. The predicted octanol–water partition coefficient (Wildman–Crippen LogP) is 4.95. The van der Waals surface area contributed by atoms with Crippen molar-refractivity contribution in [1.29, 1.82) is 0 Å². The molecule has 28 heavy (non-hydrogen) atoms. The summed E-state index contributed by atoms with van der Waals surface area (Å²) in [4.78, 5) is 0.408. The van der Waals surface area contributed by atoms with E-state index in [4.69, 9.17) is 11.6 Å². The minimum Gasteiger partial charge on any atom is -0.378 e. The molecule has 0 amide bonds. The fourth-order valence-corrected chi connectivity index (χ4v) is 6.65. The van der Waals surface area contributed by atoms with Gasteiger partial charge in [0.05, 0.1) is 10.9 Å². The van der Waals surface area contributed by atoms with Gasteiger partial charge in [0.25, 0.3) is 0 Å². The highest BCUT2D eigenvalue weighted by atomic mass is 35.5. The number of benzene rings is 2. The van der Waals surface area contributed by atoms with Gasteiger partial charge in [0.2, 0.25) is 10.0 Å². The number of rotatable bonds is 3. The van der Waals surface area contributed by atoms with E-state index in [1.54, 1.807) is 10.4 Å². The molecule has 146 valence electrons. The highest BCUT2D eigenvalue weighted by Gasteiger charge is 2.39. The Morgan fingerprint density at radius 3 is 2.61 bits per heavy atom. The first kappa shape index (κ1) is 18.2.